The van der Waals surface area contributed by atoms with E-state index in [9.17, 15) is 0 Å². The zero-order valence-corrected chi connectivity index (χ0v) is 17.8. The Morgan fingerprint density at radius 1 is 1.27 bits per heavy atom. The molecule has 0 radical (unpaired) electrons. The maximum absolute atomic E-state index is 5.76. The lowest BCUT2D eigenvalue weighted by atomic mass is 10.1. The van der Waals surface area contributed by atoms with Crippen LogP contribution in [-0.4, -0.2) is 70.1 Å². The van der Waals surface area contributed by atoms with Crippen molar-refractivity contribution in [3.05, 3.63) is 23.8 Å². The largest absolute Gasteiger partial charge is 0.454 e. The Kier molecular flexibility index (Phi) is 8.73. The molecule has 7 nitrogen and oxygen atoms in total. The van der Waals surface area contributed by atoms with Crippen LogP contribution in [0.15, 0.2) is 23.2 Å². The van der Waals surface area contributed by atoms with E-state index in [-0.39, 0.29) is 30.1 Å². The lowest BCUT2D eigenvalue weighted by molar-refractivity contribution is -0.0136. The molecule has 0 aliphatic carbocycles. The zero-order chi connectivity index (χ0) is 17.5. The molecule has 2 heterocycles. The van der Waals surface area contributed by atoms with E-state index in [0.29, 0.717) is 13.3 Å². The van der Waals surface area contributed by atoms with Gasteiger partial charge in [-0.25, -0.2) is 0 Å². The van der Waals surface area contributed by atoms with Crippen molar-refractivity contribution in [1.82, 2.24) is 15.5 Å². The first kappa shape index (κ1) is 21.0. The molecule has 0 spiro atoms. The van der Waals surface area contributed by atoms with Gasteiger partial charge in [-0.3, -0.25) is 4.99 Å². The highest BCUT2D eigenvalue weighted by Crippen LogP contribution is 2.32. The van der Waals surface area contributed by atoms with E-state index in [1.54, 1.807) is 0 Å². The minimum absolute atomic E-state index is 0. The molecule has 2 aliphatic heterocycles. The van der Waals surface area contributed by atoms with E-state index < -0.39 is 0 Å². The molecule has 3 rings (SSSR count). The molecule has 0 amide bonds. The lowest BCUT2D eigenvalue weighted by Gasteiger charge is -2.29. The van der Waals surface area contributed by atoms with Crippen LogP contribution in [0, 0.1) is 0 Å². The van der Waals surface area contributed by atoms with Gasteiger partial charge in [-0.1, -0.05) is 6.07 Å². The van der Waals surface area contributed by atoms with Gasteiger partial charge < -0.3 is 29.7 Å². The molecule has 146 valence electrons. The van der Waals surface area contributed by atoms with Crippen LogP contribution >= 0.6 is 24.0 Å². The minimum atomic E-state index is 0. The summed E-state index contributed by atoms with van der Waals surface area (Å²) in [7, 11) is 2.12. The van der Waals surface area contributed by atoms with Crippen LogP contribution in [0.5, 0.6) is 11.5 Å². The summed E-state index contributed by atoms with van der Waals surface area (Å²) in [5.41, 5.74) is 1.21. The summed E-state index contributed by atoms with van der Waals surface area (Å²) in [5.74, 6) is 2.49. The topological polar surface area (TPSA) is 67.4 Å². The van der Waals surface area contributed by atoms with Crippen LogP contribution in [0.1, 0.15) is 12.5 Å². The van der Waals surface area contributed by atoms with Gasteiger partial charge in [-0.05, 0) is 38.1 Å². The Morgan fingerprint density at radius 3 is 2.92 bits per heavy atom. The van der Waals surface area contributed by atoms with Crippen LogP contribution in [0.4, 0.5) is 0 Å². The Hall–Kier alpha value is -1.26. The maximum Gasteiger partial charge on any atom is 0.231 e. The van der Waals surface area contributed by atoms with Gasteiger partial charge in [0.15, 0.2) is 17.5 Å². The van der Waals surface area contributed by atoms with Gasteiger partial charge in [0.1, 0.15) is 0 Å². The van der Waals surface area contributed by atoms with Gasteiger partial charge >= 0.3 is 0 Å². The normalized spacial score (nSPS) is 19.8. The highest BCUT2D eigenvalue weighted by Gasteiger charge is 2.17. The summed E-state index contributed by atoms with van der Waals surface area (Å²) < 4.78 is 16.5. The number of hydrogen-bond acceptors (Lipinski definition) is 5. The number of nitrogens with one attached hydrogen (secondary N) is 2. The van der Waals surface area contributed by atoms with Crippen molar-refractivity contribution >= 4 is 29.9 Å². The number of rotatable bonds is 6. The highest BCUT2D eigenvalue weighted by atomic mass is 127. The first-order chi connectivity index (χ1) is 12.2. The predicted octanol–water partition coefficient (Wildman–Crippen LogP) is 1.46. The van der Waals surface area contributed by atoms with Crippen molar-refractivity contribution in [3.8, 4) is 11.5 Å². The van der Waals surface area contributed by atoms with Gasteiger partial charge in [-0.2, -0.15) is 0 Å². The second-order valence-corrected chi connectivity index (χ2v) is 6.34. The van der Waals surface area contributed by atoms with Crippen molar-refractivity contribution in [2.24, 2.45) is 4.99 Å². The number of morpholine rings is 1. The fourth-order valence-electron chi connectivity index (χ4n) is 2.93. The number of ether oxygens (including phenoxy) is 3. The van der Waals surface area contributed by atoms with Crippen LogP contribution < -0.4 is 20.1 Å². The molecule has 1 unspecified atom stereocenters. The smallest absolute Gasteiger partial charge is 0.231 e. The molecule has 2 aliphatic rings. The number of likely N-dealkylation sites (N-methyl/N-ethyl adjacent to an activating group) is 1. The summed E-state index contributed by atoms with van der Waals surface area (Å²) in [6.45, 7) is 7.40. The molecule has 1 aromatic carbocycles. The molecular weight excluding hydrogens is 447 g/mol. The summed E-state index contributed by atoms with van der Waals surface area (Å²) in [6, 6.07) is 6.08. The van der Waals surface area contributed by atoms with Crippen LogP contribution in [0.2, 0.25) is 0 Å². The van der Waals surface area contributed by atoms with E-state index in [0.717, 1.165) is 56.7 Å². The third kappa shape index (κ3) is 6.17. The second-order valence-electron chi connectivity index (χ2n) is 6.34. The average molecular weight is 476 g/mol. The monoisotopic (exact) mass is 476 g/mol. The lowest BCUT2D eigenvalue weighted by Crippen LogP contribution is -2.43. The summed E-state index contributed by atoms with van der Waals surface area (Å²) >= 11 is 0. The molecule has 1 fully saturated rings. The molecule has 0 aromatic heterocycles. The first-order valence-electron chi connectivity index (χ1n) is 8.95. The SMILES string of the molecule is CCNC(=NCC1CN(C)CCO1)NCCc1ccc2c(c1)OCO2.I. The number of aliphatic imine (C=N–C) groups is 1. The van der Waals surface area contributed by atoms with E-state index in [1.165, 1.54) is 5.56 Å². The molecule has 1 aromatic rings. The number of fused-ring (bicyclic) bond motifs is 1. The Morgan fingerprint density at radius 2 is 2.12 bits per heavy atom. The fraction of sp³-hybridized carbons (Fsp3) is 0.611. The van der Waals surface area contributed by atoms with Crippen LogP contribution in [0.3, 0.4) is 0 Å². The molecule has 26 heavy (non-hydrogen) atoms. The van der Waals surface area contributed by atoms with Crippen molar-refractivity contribution in [2.45, 2.75) is 19.4 Å². The van der Waals surface area contributed by atoms with Crippen molar-refractivity contribution in [2.75, 3.05) is 53.2 Å². The van der Waals surface area contributed by atoms with Gasteiger partial charge in [-0.15, -0.1) is 24.0 Å². The Bertz CT molecular complexity index is 600. The van der Waals surface area contributed by atoms with Crippen LogP contribution in [-0.2, 0) is 11.2 Å². The quantitative estimate of drug-likeness (QED) is 0.368. The zero-order valence-electron chi connectivity index (χ0n) is 15.5. The maximum atomic E-state index is 5.76. The van der Waals surface area contributed by atoms with Gasteiger partial charge in [0.2, 0.25) is 6.79 Å². The summed E-state index contributed by atoms with van der Waals surface area (Å²) in [6.07, 6.45) is 1.06. The number of nitrogens with zero attached hydrogens (tertiary/aromatic N) is 2. The van der Waals surface area contributed by atoms with Crippen molar-refractivity contribution in [1.29, 1.82) is 0 Å². The molecule has 0 saturated carbocycles. The van der Waals surface area contributed by atoms with E-state index >= 15 is 0 Å². The van der Waals surface area contributed by atoms with Gasteiger partial charge in [0, 0.05) is 26.2 Å². The fourth-order valence-corrected chi connectivity index (χ4v) is 2.93. The number of hydrogen-bond donors (Lipinski definition) is 2. The Labute approximate surface area is 172 Å². The molecule has 1 atom stereocenters. The molecule has 0 bridgehead atoms. The first-order valence-corrected chi connectivity index (χ1v) is 8.95. The number of benzene rings is 1. The van der Waals surface area contributed by atoms with Crippen molar-refractivity contribution < 1.29 is 14.2 Å². The summed E-state index contributed by atoms with van der Waals surface area (Å²) in [4.78, 5) is 6.94. The minimum Gasteiger partial charge on any atom is -0.454 e. The average Bonchev–Trinajstić information content (AvgIpc) is 3.07. The van der Waals surface area contributed by atoms with E-state index in [1.807, 2.05) is 12.1 Å². The van der Waals surface area contributed by atoms with E-state index in [2.05, 4.69) is 40.6 Å². The predicted molar refractivity (Wildman–Crippen MR) is 113 cm³/mol. The summed E-state index contributed by atoms with van der Waals surface area (Å²) in [5, 5.41) is 6.67. The second kappa shape index (κ2) is 10.8. The number of halogens is 1. The third-order valence-electron chi connectivity index (χ3n) is 4.28. The van der Waals surface area contributed by atoms with Gasteiger partial charge in [0.25, 0.3) is 0 Å². The molecule has 2 N–H and O–H groups in total. The van der Waals surface area contributed by atoms with Crippen LogP contribution in [0.25, 0.3) is 0 Å². The molecule has 1 saturated heterocycles. The Balaban J connectivity index is 0.00000243. The standard InChI is InChI=1S/C18H28N4O3.HI/c1-3-19-18(21-11-15-12-22(2)8-9-23-15)20-7-6-14-4-5-16-17(10-14)25-13-24-16;/h4-5,10,15H,3,6-9,11-13H2,1-2H3,(H2,19,20,21);1H. The van der Waals surface area contributed by atoms with Gasteiger partial charge in [0.05, 0.1) is 19.3 Å². The highest BCUT2D eigenvalue weighted by molar-refractivity contribution is 14.0. The van der Waals surface area contributed by atoms with Crippen molar-refractivity contribution in [3.63, 3.8) is 0 Å². The molecular formula is C18H29IN4O3. The number of guanidine groups is 1. The third-order valence-corrected chi connectivity index (χ3v) is 4.28. The molecule has 8 heteroatoms. The van der Waals surface area contributed by atoms with E-state index in [4.69, 9.17) is 14.2 Å².